The zero-order chi connectivity index (χ0) is 21.5. The summed E-state index contributed by atoms with van der Waals surface area (Å²) in [5.41, 5.74) is 1.63. The number of aliphatic hydroxyl groups excluding tert-OH is 1. The molecule has 30 heavy (non-hydrogen) atoms. The van der Waals surface area contributed by atoms with Gasteiger partial charge in [-0.25, -0.2) is 0 Å². The number of ether oxygens (including phenoxy) is 1. The summed E-state index contributed by atoms with van der Waals surface area (Å²) >= 11 is 0. The van der Waals surface area contributed by atoms with Gasteiger partial charge in [-0.2, -0.15) is 0 Å². The minimum atomic E-state index is -0.791. The van der Waals surface area contributed by atoms with E-state index in [1.165, 1.54) is 0 Å². The van der Waals surface area contributed by atoms with Gasteiger partial charge < -0.3 is 25.8 Å². The number of anilines is 1. The molecule has 3 amide bonds. The van der Waals surface area contributed by atoms with Crippen molar-refractivity contribution >= 4 is 23.4 Å². The Morgan fingerprint density at radius 3 is 2.53 bits per heavy atom. The zero-order valence-corrected chi connectivity index (χ0v) is 17.4. The lowest BCUT2D eigenvalue weighted by Gasteiger charge is -2.25. The Balaban J connectivity index is 1.50. The SMILES string of the molecule is Cc1ccc(C(=O)NC2CC2)cc1NC(=O)C(=O)NCC(CO)CC1CCOCC1. The second kappa shape index (κ2) is 10.5. The van der Waals surface area contributed by atoms with Crippen molar-refractivity contribution in [3.8, 4) is 0 Å². The summed E-state index contributed by atoms with van der Waals surface area (Å²) in [4.78, 5) is 36.8. The molecule has 1 aliphatic carbocycles. The van der Waals surface area contributed by atoms with Crippen LogP contribution in [0.5, 0.6) is 0 Å². The third-order valence-electron chi connectivity index (χ3n) is 5.68. The standard InChI is InChI=1S/C22H31N3O5/c1-14-2-3-17(20(27)24-18-4-5-18)11-19(14)25-22(29)21(28)23-12-16(13-26)10-15-6-8-30-9-7-15/h2-3,11,15-16,18,26H,4-10,12-13H2,1H3,(H,23,28)(H,24,27)(H,25,29). The molecule has 1 aromatic rings. The van der Waals surface area contributed by atoms with Crippen LogP contribution in [0, 0.1) is 18.8 Å². The van der Waals surface area contributed by atoms with E-state index >= 15 is 0 Å². The van der Waals surface area contributed by atoms with Crippen molar-refractivity contribution in [1.29, 1.82) is 0 Å². The van der Waals surface area contributed by atoms with E-state index in [9.17, 15) is 19.5 Å². The molecule has 1 saturated heterocycles. The molecule has 1 aliphatic heterocycles. The Hall–Kier alpha value is -2.45. The third kappa shape index (κ3) is 6.53. The number of carbonyl (C=O) groups excluding carboxylic acids is 3. The first-order chi connectivity index (χ1) is 14.5. The lowest BCUT2D eigenvalue weighted by atomic mass is 9.89. The average molecular weight is 418 g/mol. The van der Waals surface area contributed by atoms with Crippen molar-refractivity contribution in [2.24, 2.45) is 11.8 Å². The van der Waals surface area contributed by atoms with Crippen LogP contribution in [0.4, 0.5) is 5.69 Å². The summed E-state index contributed by atoms with van der Waals surface area (Å²) in [5, 5.41) is 17.7. The smallest absolute Gasteiger partial charge is 0.313 e. The van der Waals surface area contributed by atoms with E-state index in [0.29, 0.717) is 17.2 Å². The number of nitrogens with one attached hydrogen (secondary N) is 3. The Morgan fingerprint density at radius 2 is 1.87 bits per heavy atom. The molecule has 0 spiro atoms. The van der Waals surface area contributed by atoms with Gasteiger partial charge in [-0.3, -0.25) is 14.4 Å². The minimum absolute atomic E-state index is 0.0451. The molecule has 8 heteroatoms. The van der Waals surface area contributed by atoms with Gasteiger partial charge in [-0.05, 0) is 68.6 Å². The molecule has 1 unspecified atom stereocenters. The zero-order valence-electron chi connectivity index (χ0n) is 17.4. The second-order valence-electron chi connectivity index (χ2n) is 8.28. The molecule has 164 valence electrons. The molecule has 8 nitrogen and oxygen atoms in total. The molecule has 2 fully saturated rings. The van der Waals surface area contributed by atoms with Gasteiger partial charge in [-0.15, -0.1) is 0 Å². The number of hydrogen-bond donors (Lipinski definition) is 4. The molecule has 2 aliphatic rings. The van der Waals surface area contributed by atoms with Gasteiger partial charge in [0.1, 0.15) is 0 Å². The van der Waals surface area contributed by atoms with Gasteiger partial charge in [0.05, 0.1) is 0 Å². The van der Waals surface area contributed by atoms with Crippen LogP contribution in [0.15, 0.2) is 18.2 Å². The largest absolute Gasteiger partial charge is 0.396 e. The number of aryl methyl sites for hydroxylation is 1. The number of aliphatic hydroxyl groups is 1. The summed E-state index contributed by atoms with van der Waals surface area (Å²) in [6, 6.07) is 5.26. The normalized spacial score (nSPS) is 17.8. The molecule has 1 heterocycles. The van der Waals surface area contributed by atoms with Gasteiger partial charge in [0.25, 0.3) is 5.91 Å². The molecule has 1 atom stereocenters. The summed E-state index contributed by atoms with van der Waals surface area (Å²) in [7, 11) is 0. The lowest BCUT2D eigenvalue weighted by Crippen LogP contribution is -2.39. The highest BCUT2D eigenvalue weighted by atomic mass is 16.5. The van der Waals surface area contributed by atoms with E-state index in [2.05, 4.69) is 16.0 Å². The summed E-state index contributed by atoms with van der Waals surface area (Å²) in [5.74, 6) is -1.36. The van der Waals surface area contributed by atoms with E-state index in [1.54, 1.807) is 25.1 Å². The van der Waals surface area contributed by atoms with E-state index < -0.39 is 11.8 Å². The average Bonchev–Trinajstić information content (AvgIpc) is 3.57. The van der Waals surface area contributed by atoms with Crippen LogP contribution in [-0.4, -0.2) is 55.2 Å². The van der Waals surface area contributed by atoms with Crippen LogP contribution < -0.4 is 16.0 Å². The number of amides is 3. The first-order valence-electron chi connectivity index (χ1n) is 10.7. The quantitative estimate of drug-likeness (QED) is 0.477. The van der Waals surface area contributed by atoms with Crippen molar-refractivity contribution < 1.29 is 24.2 Å². The summed E-state index contributed by atoms with van der Waals surface area (Å²) in [6.07, 6.45) is 4.68. The summed E-state index contributed by atoms with van der Waals surface area (Å²) in [6.45, 7) is 3.45. The topological polar surface area (TPSA) is 117 Å². The Bertz CT molecular complexity index is 772. The van der Waals surface area contributed by atoms with Crippen molar-refractivity contribution in [3.63, 3.8) is 0 Å². The van der Waals surface area contributed by atoms with Crippen LogP contribution >= 0.6 is 0 Å². The van der Waals surface area contributed by atoms with Crippen LogP contribution in [0.1, 0.15) is 48.0 Å². The lowest BCUT2D eigenvalue weighted by molar-refractivity contribution is -0.136. The Kier molecular flexibility index (Phi) is 7.81. The maximum atomic E-state index is 12.3. The highest BCUT2D eigenvalue weighted by Crippen LogP contribution is 2.23. The van der Waals surface area contributed by atoms with E-state index in [0.717, 1.165) is 50.9 Å². The van der Waals surface area contributed by atoms with Gasteiger partial charge in [0.2, 0.25) is 0 Å². The number of benzene rings is 1. The number of carbonyl (C=O) groups is 3. The first-order valence-corrected chi connectivity index (χ1v) is 10.7. The van der Waals surface area contributed by atoms with Crippen molar-refractivity contribution in [2.45, 2.75) is 45.1 Å². The highest BCUT2D eigenvalue weighted by Gasteiger charge is 2.24. The fraction of sp³-hybridized carbons (Fsp3) is 0.591. The second-order valence-corrected chi connectivity index (χ2v) is 8.28. The van der Waals surface area contributed by atoms with Crippen molar-refractivity contribution in [1.82, 2.24) is 10.6 Å². The van der Waals surface area contributed by atoms with Gasteiger partial charge in [0, 0.05) is 43.7 Å². The van der Waals surface area contributed by atoms with Crippen LogP contribution in [0.25, 0.3) is 0 Å². The highest BCUT2D eigenvalue weighted by molar-refractivity contribution is 6.39. The molecule has 0 radical (unpaired) electrons. The van der Waals surface area contributed by atoms with Crippen molar-refractivity contribution in [2.75, 3.05) is 31.7 Å². The molecule has 4 N–H and O–H groups in total. The molecular formula is C22H31N3O5. The molecule has 0 bridgehead atoms. The van der Waals surface area contributed by atoms with Crippen LogP contribution in [0.2, 0.25) is 0 Å². The van der Waals surface area contributed by atoms with Crippen LogP contribution in [0.3, 0.4) is 0 Å². The Morgan fingerprint density at radius 1 is 1.13 bits per heavy atom. The minimum Gasteiger partial charge on any atom is -0.396 e. The maximum Gasteiger partial charge on any atom is 0.313 e. The van der Waals surface area contributed by atoms with Gasteiger partial charge in [-0.1, -0.05) is 6.07 Å². The van der Waals surface area contributed by atoms with E-state index in [1.807, 2.05) is 0 Å². The molecule has 1 saturated carbocycles. The first kappa shape index (κ1) is 22.2. The molecule has 1 aromatic carbocycles. The fourth-order valence-electron chi connectivity index (χ4n) is 3.57. The third-order valence-corrected chi connectivity index (χ3v) is 5.68. The monoisotopic (exact) mass is 417 g/mol. The van der Waals surface area contributed by atoms with Gasteiger partial charge >= 0.3 is 11.8 Å². The fourth-order valence-corrected chi connectivity index (χ4v) is 3.57. The maximum absolute atomic E-state index is 12.3. The van der Waals surface area contributed by atoms with Crippen LogP contribution in [-0.2, 0) is 14.3 Å². The van der Waals surface area contributed by atoms with Crippen molar-refractivity contribution in [3.05, 3.63) is 29.3 Å². The molecule has 3 rings (SSSR count). The predicted molar refractivity (Wildman–Crippen MR) is 112 cm³/mol. The number of hydrogen-bond acceptors (Lipinski definition) is 5. The molecular weight excluding hydrogens is 386 g/mol. The van der Waals surface area contributed by atoms with Gasteiger partial charge in [0.15, 0.2) is 0 Å². The number of rotatable bonds is 8. The van der Waals surface area contributed by atoms with E-state index in [-0.39, 0.29) is 31.0 Å². The summed E-state index contributed by atoms with van der Waals surface area (Å²) < 4.78 is 5.35. The molecule has 0 aromatic heterocycles. The Labute approximate surface area is 176 Å². The predicted octanol–water partition coefficient (Wildman–Crippen LogP) is 1.37. The van der Waals surface area contributed by atoms with E-state index in [4.69, 9.17) is 4.74 Å².